The zero-order chi connectivity index (χ0) is 25.9. The van der Waals surface area contributed by atoms with E-state index in [2.05, 4.69) is 23.6 Å². The number of aliphatic carboxylic acids is 1. The molecule has 0 saturated heterocycles. The minimum atomic E-state index is -1.00. The highest BCUT2D eigenvalue weighted by Crippen LogP contribution is 2.30. The fourth-order valence-electron chi connectivity index (χ4n) is 5.21. The number of aryl methyl sites for hydroxylation is 1. The van der Waals surface area contributed by atoms with Crippen molar-refractivity contribution in [1.29, 1.82) is 0 Å². The normalized spacial score (nSPS) is 15.9. The van der Waals surface area contributed by atoms with Crippen LogP contribution < -0.4 is 10.6 Å². The topological polar surface area (TPSA) is 78.4 Å². The van der Waals surface area contributed by atoms with Crippen molar-refractivity contribution in [3.05, 3.63) is 59.2 Å². The average Bonchev–Trinajstić information content (AvgIpc) is 2.89. The molecule has 5 nitrogen and oxygen atoms in total. The van der Waals surface area contributed by atoms with Gasteiger partial charge >= 0.3 is 5.97 Å². The number of benzene rings is 2. The van der Waals surface area contributed by atoms with Crippen molar-refractivity contribution in [2.75, 3.05) is 12.0 Å². The van der Waals surface area contributed by atoms with Crippen LogP contribution in [0.1, 0.15) is 79.8 Å². The van der Waals surface area contributed by atoms with E-state index in [0.29, 0.717) is 23.8 Å². The fraction of sp³-hybridized carbons (Fsp3) is 0.533. The number of carboxylic acid groups (broad SMARTS) is 1. The highest BCUT2D eigenvalue weighted by Gasteiger charge is 2.23. The van der Waals surface area contributed by atoms with Crippen LogP contribution in [0.5, 0.6) is 0 Å². The first kappa shape index (κ1) is 28.3. The standard InChI is InChI=1S/C30H42N2O3S/c1-4-24(18-22-11-6-5-7-12-22)31-20-23-14-15-26(27(19-23)25-13-9-8-10-21(25)2)29(33)32-28(30(34)35)16-17-36-3/h8-10,13-15,19,22,24,28,31H,4-7,11-12,16-18,20H2,1-3H3,(H,32,33)(H,34,35)/t24?,28-/m0/s1. The zero-order valence-electron chi connectivity index (χ0n) is 22.0. The monoisotopic (exact) mass is 510 g/mol. The fourth-order valence-corrected chi connectivity index (χ4v) is 5.68. The highest BCUT2D eigenvalue weighted by molar-refractivity contribution is 7.98. The van der Waals surface area contributed by atoms with Gasteiger partial charge in [0.25, 0.3) is 5.91 Å². The molecular weight excluding hydrogens is 468 g/mol. The maximum atomic E-state index is 13.3. The van der Waals surface area contributed by atoms with E-state index in [0.717, 1.165) is 41.1 Å². The predicted octanol–water partition coefficient (Wildman–Crippen LogP) is 6.44. The number of carbonyl (C=O) groups is 2. The molecule has 0 heterocycles. The van der Waals surface area contributed by atoms with Crippen LogP contribution in [0.4, 0.5) is 0 Å². The molecule has 2 aromatic rings. The quantitative estimate of drug-likeness (QED) is 0.289. The maximum Gasteiger partial charge on any atom is 0.326 e. The van der Waals surface area contributed by atoms with E-state index in [-0.39, 0.29) is 5.91 Å². The van der Waals surface area contributed by atoms with Crippen LogP contribution in [0, 0.1) is 12.8 Å². The lowest BCUT2D eigenvalue weighted by Gasteiger charge is -2.27. The highest BCUT2D eigenvalue weighted by atomic mass is 32.2. The van der Waals surface area contributed by atoms with Gasteiger partial charge < -0.3 is 15.7 Å². The Bertz CT molecular complexity index is 1000. The van der Waals surface area contributed by atoms with Crippen LogP contribution in [-0.2, 0) is 11.3 Å². The number of carbonyl (C=O) groups excluding carboxylic acids is 1. The van der Waals surface area contributed by atoms with Crippen LogP contribution in [0.25, 0.3) is 11.1 Å². The Hall–Kier alpha value is -2.31. The van der Waals surface area contributed by atoms with Crippen molar-refractivity contribution in [3.8, 4) is 11.1 Å². The Balaban J connectivity index is 1.81. The van der Waals surface area contributed by atoms with E-state index in [4.69, 9.17) is 0 Å². The third-order valence-corrected chi connectivity index (χ3v) is 8.05. The zero-order valence-corrected chi connectivity index (χ0v) is 22.8. The first-order valence-corrected chi connectivity index (χ1v) is 14.8. The summed E-state index contributed by atoms with van der Waals surface area (Å²) in [5, 5.41) is 16.1. The van der Waals surface area contributed by atoms with Crippen molar-refractivity contribution in [2.24, 2.45) is 5.92 Å². The van der Waals surface area contributed by atoms with E-state index in [1.165, 1.54) is 38.5 Å². The second-order valence-corrected chi connectivity index (χ2v) is 11.1. The largest absolute Gasteiger partial charge is 0.480 e. The van der Waals surface area contributed by atoms with Crippen molar-refractivity contribution in [2.45, 2.75) is 83.8 Å². The molecule has 1 unspecified atom stereocenters. The second kappa shape index (κ2) is 14.4. The Labute approximate surface area is 220 Å². The molecule has 2 aromatic carbocycles. The predicted molar refractivity (Wildman–Crippen MR) is 151 cm³/mol. The summed E-state index contributed by atoms with van der Waals surface area (Å²) in [5.41, 5.74) is 4.56. The minimum Gasteiger partial charge on any atom is -0.480 e. The van der Waals surface area contributed by atoms with Crippen molar-refractivity contribution < 1.29 is 14.7 Å². The average molecular weight is 511 g/mol. The summed E-state index contributed by atoms with van der Waals surface area (Å²) in [6.45, 7) is 5.04. The molecule has 1 saturated carbocycles. The second-order valence-electron chi connectivity index (χ2n) is 10.1. The molecule has 0 aromatic heterocycles. The Kier molecular flexibility index (Phi) is 11.3. The first-order valence-electron chi connectivity index (χ1n) is 13.4. The molecule has 0 aliphatic heterocycles. The molecule has 1 amide bonds. The molecule has 36 heavy (non-hydrogen) atoms. The van der Waals surface area contributed by atoms with Crippen LogP contribution >= 0.6 is 11.8 Å². The number of amides is 1. The molecule has 0 spiro atoms. The molecule has 1 fully saturated rings. The van der Waals surface area contributed by atoms with E-state index in [9.17, 15) is 14.7 Å². The van der Waals surface area contributed by atoms with Gasteiger partial charge in [0.1, 0.15) is 6.04 Å². The molecule has 1 aliphatic rings. The van der Waals surface area contributed by atoms with E-state index in [1.807, 2.05) is 49.6 Å². The van der Waals surface area contributed by atoms with Crippen molar-refractivity contribution >= 4 is 23.6 Å². The number of carboxylic acids is 1. The van der Waals surface area contributed by atoms with E-state index < -0.39 is 12.0 Å². The van der Waals surface area contributed by atoms with Gasteiger partial charge in [-0.15, -0.1) is 0 Å². The summed E-state index contributed by atoms with van der Waals surface area (Å²) in [7, 11) is 0. The van der Waals surface area contributed by atoms with Crippen LogP contribution in [0.2, 0.25) is 0 Å². The smallest absolute Gasteiger partial charge is 0.326 e. The minimum absolute atomic E-state index is 0.343. The molecule has 2 atom stereocenters. The lowest BCUT2D eigenvalue weighted by atomic mass is 9.84. The number of hydrogen-bond donors (Lipinski definition) is 3. The molecule has 196 valence electrons. The molecule has 3 N–H and O–H groups in total. The Morgan fingerprint density at radius 3 is 2.50 bits per heavy atom. The van der Waals surface area contributed by atoms with Crippen LogP contribution in [0.3, 0.4) is 0 Å². The Morgan fingerprint density at radius 1 is 1.08 bits per heavy atom. The summed E-state index contributed by atoms with van der Waals surface area (Å²) in [4.78, 5) is 25.0. The summed E-state index contributed by atoms with van der Waals surface area (Å²) in [6, 6.07) is 13.6. The van der Waals surface area contributed by atoms with Crippen LogP contribution in [0.15, 0.2) is 42.5 Å². The van der Waals surface area contributed by atoms with E-state index >= 15 is 0 Å². The van der Waals surface area contributed by atoms with Gasteiger partial charge in [0.15, 0.2) is 0 Å². The van der Waals surface area contributed by atoms with Crippen LogP contribution in [-0.4, -0.2) is 41.1 Å². The van der Waals surface area contributed by atoms with Crippen molar-refractivity contribution in [3.63, 3.8) is 0 Å². The summed E-state index contributed by atoms with van der Waals surface area (Å²) in [6.07, 6.45) is 11.5. The number of hydrogen-bond acceptors (Lipinski definition) is 4. The van der Waals surface area contributed by atoms with Gasteiger partial charge in [-0.25, -0.2) is 4.79 Å². The number of nitrogens with one attached hydrogen (secondary N) is 2. The SMILES string of the molecule is CCC(CC1CCCCC1)NCc1ccc(C(=O)N[C@@H](CCSC)C(=O)O)c(-c2ccccc2C)c1. The van der Waals surface area contributed by atoms with Gasteiger partial charge in [0, 0.05) is 18.2 Å². The first-order chi connectivity index (χ1) is 17.4. The van der Waals surface area contributed by atoms with E-state index in [1.54, 1.807) is 11.8 Å². The lowest BCUT2D eigenvalue weighted by Crippen LogP contribution is -2.41. The molecule has 0 bridgehead atoms. The number of thioether (sulfide) groups is 1. The van der Waals surface area contributed by atoms with Crippen molar-refractivity contribution in [1.82, 2.24) is 10.6 Å². The molecule has 0 radical (unpaired) electrons. The van der Waals surface area contributed by atoms with Gasteiger partial charge in [-0.2, -0.15) is 11.8 Å². The lowest BCUT2D eigenvalue weighted by molar-refractivity contribution is -0.139. The maximum absolute atomic E-state index is 13.3. The third kappa shape index (κ3) is 8.10. The summed E-state index contributed by atoms with van der Waals surface area (Å²) >= 11 is 1.57. The van der Waals surface area contributed by atoms with Gasteiger partial charge in [-0.05, 0) is 78.5 Å². The molecular formula is C30H42N2O3S. The van der Waals surface area contributed by atoms with Gasteiger partial charge in [0.05, 0.1) is 0 Å². The molecule has 1 aliphatic carbocycles. The molecule has 6 heteroatoms. The summed E-state index contributed by atoms with van der Waals surface area (Å²) < 4.78 is 0. The Morgan fingerprint density at radius 2 is 1.83 bits per heavy atom. The number of rotatable bonds is 13. The van der Waals surface area contributed by atoms with Gasteiger partial charge in [-0.1, -0.05) is 69.4 Å². The molecule has 3 rings (SSSR count). The summed E-state index contributed by atoms with van der Waals surface area (Å²) in [5.74, 6) is 0.161. The van der Waals surface area contributed by atoms with Gasteiger partial charge in [0.2, 0.25) is 0 Å². The van der Waals surface area contributed by atoms with Gasteiger partial charge in [-0.3, -0.25) is 4.79 Å². The third-order valence-electron chi connectivity index (χ3n) is 7.41.